The molecule has 0 aliphatic carbocycles. The Balaban J connectivity index is 0.00000364. The molecule has 2 aromatic rings. The van der Waals surface area contributed by atoms with Crippen LogP contribution in [0.1, 0.15) is 11.3 Å². The number of aliphatic carboxylic acids is 1. The third kappa shape index (κ3) is 7.22. The van der Waals surface area contributed by atoms with E-state index in [9.17, 15) is 19.5 Å². The van der Waals surface area contributed by atoms with Crippen LogP contribution in [-0.2, 0) is 44.3 Å². The first kappa shape index (κ1) is 22.4. The molecule has 10 heteroatoms. The number of carboxylic acids is 1. The number of benzene rings is 1. The normalized spacial score (nSPS) is 12.3. The number of carbonyl (C=O) groups excluding carboxylic acids is 2. The molecule has 1 aromatic heterocycles. The molecule has 1 aromatic carbocycles. The molecule has 0 spiro atoms. The largest absolute Gasteiger partial charge is 0.480 e. The number of carboxylic acid groups (broad SMARTS) is 1. The third-order valence-corrected chi connectivity index (χ3v) is 3.71. The Morgan fingerprint density at radius 1 is 1.11 bits per heavy atom. The van der Waals surface area contributed by atoms with E-state index in [1.807, 2.05) is 6.07 Å². The number of carbonyl (C=O) groups is 3. The molecule has 2 atom stereocenters. The number of nitrogens with zero attached hydrogens (tertiary/aromatic N) is 1. The standard InChI is InChI=1S/C17H21N5O4.Mn/c18-8-15(23)21-13(7-12-9-19-10-20-12)16(24)22-14(17(25)26)6-11-4-2-1-3-5-11;/h1-5,9-10,13-14H,6-8,18H2,(H,19,20)(H,21,23)(H,22,24)(H,25,26);. The van der Waals surface area contributed by atoms with Crippen LogP contribution in [0.2, 0.25) is 0 Å². The number of aromatic amines is 1. The van der Waals surface area contributed by atoms with E-state index in [0.717, 1.165) is 5.56 Å². The van der Waals surface area contributed by atoms with Gasteiger partial charge in [-0.1, -0.05) is 30.3 Å². The molecule has 2 rings (SSSR count). The Labute approximate surface area is 166 Å². The average Bonchev–Trinajstić information content (AvgIpc) is 3.14. The van der Waals surface area contributed by atoms with Gasteiger partial charge in [-0.3, -0.25) is 9.59 Å². The van der Waals surface area contributed by atoms with Gasteiger partial charge in [-0.05, 0) is 5.56 Å². The van der Waals surface area contributed by atoms with Crippen molar-refractivity contribution in [1.29, 1.82) is 0 Å². The number of rotatable bonds is 9. The summed E-state index contributed by atoms with van der Waals surface area (Å²) in [6.07, 6.45) is 3.23. The van der Waals surface area contributed by atoms with E-state index in [-0.39, 0.29) is 36.5 Å². The number of hydrogen-bond donors (Lipinski definition) is 5. The fraction of sp³-hybridized carbons (Fsp3) is 0.294. The zero-order valence-electron chi connectivity index (χ0n) is 14.4. The summed E-state index contributed by atoms with van der Waals surface area (Å²) in [5.41, 5.74) is 6.68. The van der Waals surface area contributed by atoms with Crippen LogP contribution in [0.5, 0.6) is 0 Å². The Morgan fingerprint density at radius 3 is 2.37 bits per heavy atom. The molecule has 2 amide bonds. The zero-order valence-corrected chi connectivity index (χ0v) is 15.6. The molecule has 0 fully saturated rings. The van der Waals surface area contributed by atoms with Gasteiger partial charge >= 0.3 is 5.97 Å². The van der Waals surface area contributed by atoms with E-state index in [1.54, 1.807) is 24.3 Å². The van der Waals surface area contributed by atoms with Crippen molar-refractivity contribution in [2.24, 2.45) is 5.73 Å². The van der Waals surface area contributed by atoms with Gasteiger partial charge < -0.3 is 26.5 Å². The number of imidazole rings is 1. The molecule has 145 valence electrons. The minimum Gasteiger partial charge on any atom is -0.480 e. The number of H-pyrrole nitrogens is 1. The summed E-state index contributed by atoms with van der Waals surface area (Å²) < 4.78 is 0. The van der Waals surface area contributed by atoms with E-state index >= 15 is 0 Å². The van der Waals surface area contributed by atoms with Crippen LogP contribution in [0.4, 0.5) is 0 Å². The summed E-state index contributed by atoms with van der Waals surface area (Å²) in [5.74, 6) is -2.28. The maximum Gasteiger partial charge on any atom is 0.326 e. The predicted octanol–water partition coefficient (Wildman–Crippen LogP) is -0.795. The molecule has 1 radical (unpaired) electrons. The fourth-order valence-electron chi connectivity index (χ4n) is 2.40. The quantitative estimate of drug-likeness (QED) is 0.339. The molecule has 0 bridgehead atoms. The number of nitrogens with two attached hydrogens (primary N) is 1. The molecule has 1 heterocycles. The molecule has 27 heavy (non-hydrogen) atoms. The van der Waals surface area contributed by atoms with Gasteiger partial charge in [0.05, 0.1) is 12.9 Å². The first-order chi connectivity index (χ1) is 12.5. The van der Waals surface area contributed by atoms with Crippen molar-refractivity contribution in [3.8, 4) is 0 Å². The van der Waals surface area contributed by atoms with E-state index in [2.05, 4.69) is 20.6 Å². The van der Waals surface area contributed by atoms with Crippen LogP contribution in [0, 0.1) is 0 Å². The van der Waals surface area contributed by atoms with Crippen LogP contribution in [0.3, 0.4) is 0 Å². The van der Waals surface area contributed by atoms with E-state index < -0.39 is 29.9 Å². The smallest absolute Gasteiger partial charge is 0.326 e. The molecule has 0 saturated carbocycles. The molecule has 0 saturated heterocycles. The van der Waals surface area contributed by atoms with Gasteiger partial charge in [0.1, 0.15) is 12.1 Å². The Kier molecular flexibility index (Phi) is 9.21. The predicted molar refractivity (Wildman–Crippen MR) is 93.0 cm³/mol. The maximum atomic E-state index is 12.6. The number of hydrogen-bond acceptors (Lipinski definition) is 5. The minimum absolute atomic E-state index is 0. The first-order valence-corrected chi connectivity index (χ1v) is 8.03. The first-order valence-electron chi connectivity index (χ1n) is 8.03. The van der Waals surface area contributed by atoms with Crippen molar-refractivity contribution in [3.05, 3.63) is 54.1 Å². The monoisotopic (exact) mass is 414 g/mol. The molecular weight excluding hydrogens is 393 g/mol. The van der Waals surface area contributed by atoms with Crippen LogP contribution < -0.4 is 16.4 Å². The SMILES string of the molecule is NCC(=O)NC(Cc1cnc[nH]1)C(=O)NC(Cc1ccccc1)C(=O)O.[Mn]. The van der Waals surface area contributed by atoms with Crippen molar-refractivity contribution >= 4 is 17.8 Å². The summed E-state index contributed by atoms with van der Waals surface area (Å²) >= 11 is 0. The fourth-order valence-corrected chi connectivity index (χ4v) is 2.40. The molecular formula is C17H21MnN5O4. The maximum absolute atomic E-state index is 12.6. The zero-order chi connectivity index (χ0) is 18.9. The van der Waals surface area contributed by atoms with Crippen LogP contribution in [-0.4, -0.2) is 51.5 Å². The van der Waals surface area contributed by atoms with Gasteiger partial charge in [0.2, 0.25) is 11.8 Å². The number of aromatic nitrogens is 2. The van der Waals surface area contributed by atoms with Crippen LogP contribution in [0.15, 0.2) is 42.9 Å². The topological polar surface area (TPSA) is 150 Å². The van der Waals surface area contributed by atoms with Crippen molar-refractivity contribution in [1.82, 2.24) is 20.6 Å². The second-order valence-corrected chi connectivity index (χ2v) is 5.69. The van der Waals surface area contributed by atoms with Crippen LogP contribution >= 0.6 is 0 Å². The Hall–Kier alpha value is -2.68. The Morgan fingerprint density at radius 2 is 1.81 bits per heavy atom. The third-order valence-electron chi connectivity index (χ3n) is 3.71. The van der Waals surface area contributed by atoms with Crippen molar-refractivity contribution in [2.45, 2.75) is 24.9 Å². The molecule has 2 unspecified atom stereocenters. The molecule has 9 nitrogen and oxygen atoms in total. The van der Waals surface area contributed by atoms with Gasteiger partial charge in [0.25, 0.3) is 0 Å². The minimum atomic E-state index is -1.16. The summed E-state index contributed by atoms with van der Waals surface area (Å²) in [6.45, 7) is -0.279. The second-order valence-electron chi connectivity index (χ2n) is 5.69. The van der Waals surface area contributed by atoms with E-state index in [1.165, 1.54) is 12.5 Å². The van der Waals surface area contributed by atoms with Gasteiger partial charge in [0, 0.05) is 41.8 Å². The van der Waals surface area contributed by atoms with E-state index in [4.69, 9.17) is 5.73 Å². The second kappa shape index (κ2) is 11.1. The van der Waals surface area contributed by atoms with Gasteiger partial charge in [-0.25, -0.2) is 9.78 Å². The number of amides is 2. The van der Waals surface area contributed by atoms with Crippen LogP contribution in [0.25, 0.3) is 0 Å². The van der Waals surface area contributed by atoms with Gasteiger partial charge in [0.15, 0.2) is 0 Å². The molecule has 0 aliphatic heterocycles. The van der Waals surface area contributed by atoms with Crippen molar-refractivity contribution in [2.75, 3.05) is 6.54 Å². The molecule has 6 N–H and O–H groups in total. The van der Waals surface area contributed by atoms with Gasteiger partial charge in [-0.15, -0.1) is 0 Å². The van der Waals surface area contributed by atoms with Crippen molar-refractivity contribution < 1.29 is 36.6 Å². The van der Waals surface area contributed by atoms with E-state index in [0.29, 0.717) is 5.69 Å². The Bertz CT molecular complexity index is 739. The van der Waals surface area contributed by atoms with Crippen molar-refractivity contribution in [3.63, 3.8) is 0 Å². The summed E-state index contributed by atoms with van der Waals surface area (Å²) in [5, 5.41) is 14.4. The van der Waals surface area contributed by atoms with Gasteiger partial charge in [-0.2, -0.15) is 0 Å². The summed E-state index contributed by atoms with van der Waals surface area (Å²) in [6, 6.07) is 6.87. The average molecular weight is 414 g/mol. The summed E-state index contributed by atoms with van der Waals surface area (Å²) in [7, 11) is 0. The summed E-state index contributed by atoms with van der Waals surface area (Å²) in [4.78, 5) is 42.4. The number of nitrogens with one attached hydrogen (secondary N) is 3. The molecule has 0 aliphatic rings.